The van der Waals surface area contributed by atoms with Gasteiger partial charge in [-0.15, -0.1) is 0 Å². The molecule has 0 saturated carbocycles. The highest BCUT2D eigenvalue weighted by Gasteiger charge is 2.35. The zero-order valence-electron chi connectivity index (χ0n) is 24.3. The van der Waals surface area contributed by atoms with Crippen LogP contribution in [0.2, 0.25) is 0 Å². The third kappa shape index (κ3) is 9.40. The van der Waals surface area contributed by atoms with Crippen LogP contribution < -0.4 is 0 Å². The molecule has 0 aromatic rings. The van der Waals surface area contributed by atoms with Gasteiger partial charge in [0.15, 0.2) is 0 Å². The Labute approximate surface area is 235 Å². The van der Waals surface area contributed by atoms with Crippen molar-refractivity contribution in [3.63, 3.8) is 0 Å². The van der Waals surface area contributed by atoms with Crippen LogP contribution in [0.1, 0.15) is 60.3 Å². The van der Waals surface area contributed by atoms with Crippen LogP contribution in [0.3, 0.4) is 0 Å². The van der Waals surface area contributed by atoms with Crippen molar-refractivity contribution < 1.29 is 22.7 Å². The Morgan fingerprint density at radius 2 is 1.87 bits per heavy atom. The fourth-order valence-electron chi connectivity index (χ4n) is 5.06. The summed E-state index contributed by atoms with van der Waals surface area (Å²) in [4.78, 5) is 17.5. The van der Waals surface area contributed by atoms with Gasteiger partial charge in [-0.05, 0) is 84.7 Å². The largest absolute Gasteiger partial charge is 0.497 e. The maximum atomic E-state index is 13.7. The van der Waals surface area contributed by atoms with Crippen LogP contribution in [0.4, 0.5) is 0 Å². The minimum Gasteiger partial charge on any atom is -0.497 e. The molecule has 0 bridgehead atoms. The van der Waals surface area contributed by atoms with E-state index in [1.165, 1.54) is 19.3 Å². The molecule has 0 aromatic heterocycles. The highest BCUT2D eigenvalue weighted by Crippen LogP contribution is 2.28. The highest BCUT2D eigenvalue weighted by molar-refractivity contribution is 7.99. The number of likely N-dealkylation sites (N-methyl/N-ethyl adjacent to an activating group) is 1. The fraction of sp³-hybridized carbons (Fsp3) is 0.750. The second-order valence-electron chi connectivity index (χ2n) is 9.94. The molecule has 2 atom stereocenters. The van der Waals surface area contributed by atoms with Crippen molar-refractivity contribution in [1.82, 2.24) is 14.1 Å². The SMILES string of the molecule is C/C=C(/C(C)=C\C(=C/C)OC)S(=O)(=O)N1CCSCC1COCC(=O)N(CC)CCC(C)N1CCCCC1. The van der Waals surface area contributed by atoms with Crippen molar-refractivity contribution in [1.29, 1.82) is 0 Å². The van der Waals surface area contributed by atoms with Crippen LogP contribution in [0, 0.1) is 0 Å². The van der Waals surface area contributed by atoms with Crippen molar-refractivity contribution in [3.05, 3.63) is 34.5 Å². The summed E-state index contributed by atoms with van der Waals surface area (Å²) in [6, 6.07) is 0.134. The molecule has 2 fully saturated rings. The lowest BCUT2D eigenvalue weighted by Crippen LogP contribution is -2.49. The second kappa shape index (κ2) is 16.7. The average Bonchev–Trinajstić information content (AvgIpc) is 2.92. The van der Waals surface area contributed by atoms with Crippen LogP contribution in [-0.4, -0.2) is 105 Å². The Balaban J connectivity index is 1.96. The molecular formula is C28H49N3O5S2. The zero-order valence-corrected chi connectivity index (χ0v) is 25.9. The van der Waals surface area contributed by atoms with Crippen molar-refractivity contribution >= 4 is 27.7 Å². The number of likely N-dealkylation sites (tertiary alicyclic amines) is 1. The molecule has 2 saturated heterocycles. The summed E-state index contributed by atoms with van der Waals surface area (Å²) in [7, 11) is -2.17. The molecule has 0 radical (unpaired) electrons. The number of allylic oxidation sites excluding steroid dienone is 4. The van der Waals surface area contributed by atoms with E-state index in [-0.39, 0.29) is 30.1 Å². The van der Waals surface area contributed by atoms with E-state index in [2.05, 4.69) is 11.8 Å². The number of ether oxygens (including phenoxy) is 2. The number of carbonyl (C=O) groups is 1. The van der Waals surface area contributed by atoms with E-state index in [1.807, 2.05) is 18.7 Å². The lowest BCUT2D eigenvalue weighted by molar-refractivity contribution is -0.136. The second-order valence-corrected chi connectivity index (χ2v) is 13.0. The minimum atomic E-state index is -3.74. The number of amides is 1. The van der Waals surface area contributed by atoms with Gasteiger partial charge in [0.25, 0.3) is 0 Å². The molecule has 2 aliphatic heterocycles. The number of hydrogen-bond donors (Lipinski definition) is 0. The van der Waals surface area contributed by atoms with Gasteiger partial charge in [0.05, 0.1) is 24.7 Å². The van der Waals surface area contributed by atoms with E-state index in [0.29, 0.717) is 42.8 Å². The van der Waals surface area contributed by atoms with Gasteiger partial charge in [-0.2, -0.15) is 16.1 Å². The van der Waals surface area contributed by atoms with Crippen molar-refractivity contribution in [2.24, 2.45) is 0 Å². The molecule has 2 aliphatic rings. The summed E-state index contributed by atoms with van der Waals surface area (Å²) in [6.45, 7) is 13.8. The standard InChI is InChI=1S/C28H49N3O5S2/c1-7-26(35-6)19-23(4)27(8-2)38(33,34)31-17-18-37-22-25(31)20-36-21-28(32)29(9-3)16-13-24(5)30-14-11-10-12-15-30/h7-8,19,24-25H,9-18,20-22H2,1-6H3/b23-19-,26-7+,27-8-. The van der Waals surface area contributed by atoms with Crippen molar-refractivity contribution in [3.8, 4) is 0 Å². The summed E-state index contributed by atoms with van der Waals surface area (Å²) in [5.41, 5.74) is 0.618. The van der Waals surface area contributed by atoms with Crippen molar-refractivity contribution in [2.75, 3.05) is 64.6 Å². The minimum absolute atomic E-state index is 0.0328. The topological polar surface area (TPSA) is 79.4 Å². The Morgan fingerprint density at radius 3 is 2.47 bits per heavy atom. The van der Waals surface area contributed by atoms with Gasteiger partial charge in [0.2, 0.25) is 15.9 Å². The van der Waals surface area contributed by atoms with E-state index in [9.17, 15) is 13.2 Å². The van der Waals surface area contributed by atoms with Gasteiger partial charge in [-0.25, -0.2) is 8.42 Å². The van der Waals surface area contributed by atoms with Gasteiger partial charge < -0.3 is 19.3 Å². The maximum absolute atomic E-state index is 13.7. The quantitative estimate of drug-likeness (QED) is 0.228. The van der Waals surface area contributed by atoms with E-state index >= 15 is 0 Å². The van der Waals surface area contributed by atoms with E-state index in [1.54, 1.807) is 55.3 Å². The molecule has 2 rings (SSSR count). The summed E-state index contributed by atoms with van der Waals surface area (Å²) in [6.07, 6.45) is 9.95. The molecule has 8 nitrogen and oxygen atoms in total. The van der Waals surface area contributed by atoms with Gasteiger partial charge in [-0.1, -0.05) is 12.5 Å². The van der Waals surface area contributed by atoms with Crippen molar-refractivity contribution in [2.45, 2.75) is 72.4 Å². The molecule has 1 amide bonds. The molecule has 10 heteroatoms. The monoisotopic (exact) mass is 571 g/mol. The lowest BCUT2D eigenvalue weighted by Gasteiger charge is -2.35. The van der Waals surface area contributed by atoms with Crippen LogP contribution in [0.25, 0.3) is 0 Å². The predicted molar refractivity (Wildman–Crippen MR) is 158 cm³/mol. The smallest absolute Gasteiger partial charge is 0.248 e. The Bertz CT molecular complexity index is 942. The van der Waals surface area contributed by atoms with Crippen LogP contribution in [-0.2, 0) is 24.3 Å². The lowest BCUT2D eigenvalue weighted by atomic mass is 10.1. The van der Waals surface area contributed by atoms with E-state index in [4.69, 9.17) is 9.47 Å². The molecule has 0 spiro atoms. The van der Waals surface area contributed by atoms with Crippen LogP contribution in [0.15, 0.2) is 34.5 Å². The zero-order chi connectivity index (χ0) is 28.1. The molecule has 38 heavy (non-hydrogen) atoms. The summed E-state index contributed by atoms with van der Waals surface area (Å²) in [5, 5.41) is 0. The Hall–Kier alpha value is -1.33. The number of hydrogen-bond acceptors (Lipinski definition) is 7. The summed E-state index contributed by atoms with van der Waals surface area (Å²) in [5.74, 6) is 1.93. The Morgan fingerprint density at radius 1 is 1.16 bits per heavy atom. The first-order chi connectivity index (χ1) is 18.2. The van der Waals surface area contributed by atoms with Gasteiger partial charge in [-0.3, -0.25) is 4.79 Å². The normalized spacial score (nSPS) is 21.8. The number of methoxy groups -OCH3 is 1. The first-order valence-electron chi connectivity index (χ1n) is 13.9. The number of sulfonamides is 1. The molecule has 218 valence electrons. The molecule has 2 heterocycles. The predicted octanol–water partition coefficient (Wildman–Crippen LogP) is 4.26. The van der Waals surface area contributed by atoms with Gasteiger partial charge in [0.1, 0.15) is 12.4 Å². The number of nitrogens with zero attached hydrogens (tertiary/aromatic N) is 3. The van der Waals surface area contributed by atoms with Gasteiger partial charge >= 0.3 is 0 Å². The molecule has 2 unspecified atom stereocenters. The number of piperidine rings is 1. The van der Waals surface area contributed by atoms with E-state index < -0.39 is 10.0 Å². The third-order valence-electron chi connectivity index (χ3n) is 7.39. The molecule has 0 aliphatic carbocycles. The molecular weight excluding hydrogens is 522 g/mol. The van der Waals surface area contributed by atoms with E-state index in [0.717, 1.165) is 25.3 Å². The number of carbonyl (C=O) groups excluding carboxylic acids is 1. The first kappa shape index (κ1) is 32.9. The maximum Gasteiger partial charge on any atom is 0.248 e. The highest BCUT2D eigenvalue weighted by atomic mass is 32.2. The fourth-order valence-corrected chi connectivity index (χ4v) is 8.18. The number of thioether (sulfide) groups is 1. The summed E-state index contributed by atoms with van der Waals surface area (Å²) < 4.78 is 40.0. The third-order valence-corrected chi connectivity index (χ3v) is 10.7. The average molecular weight is 572 g/mol. The summed E-state index contributed by atoms with van der Waals surface area (Å²) >= 11 is 1.71. The molecule has 0 aromatic carbocycles. The number of rotatable bonds is 14. The van der Waals surface area contributed by atoms with Gasteiger partial charge in [0, 0.05) is 37.2 Å². The Kier molecular flexibility index (Phi) is 14.4. The van der Waals surface area contributed by atoms with Crippen LogP contribution in [0.5, 0.6) is 0 Å². The first-order valence-corrected chi connectivity index (χ1v) is 16.5. The van der Waals surface area contributed by atoms with Crippen LogP contribution >= 0.6 is 11.8 Å². The molecule has 0 N–H and O–H groups in total.